The van der Waals surface area contributed by atoms with Gasteiger partial charge in [0.1, 0.15) is 6.54 Å². The van der Waals surface area contributed by atoms with Crippen molar-refractivity contribution < 1.29 is 23.9 Å². The van der Waals surface area contributed by atoms with Gasteiger partial charge in [0.15, 0.2) is 0 Å². The third-order valence-corrected chi connectivity index (χ3v) is 6.73. The Kier molecular flexibility index (Phi) is 16.0. The number of quaternary nitrogens is 1. The molecule has 0 fully saturated rings. The van der Waals surface area contributed by atoms with Crippen LogP contribution in [0.1, 0.15) is 96.8 Å². The predicted molar refractivity (Wildman–Crippen MR) is 128 cm³/mol. The van der Waals surface area contributed by atoms with Crippen LogP contribution in [0.3, 0.4) is 0 Å². The van der Waals surface area contributed by atoms with Gasteiger partial charge in [-0.2, -0.15) is 0 Å². The fraction of sp³-hybridized carbons (Fsp3) is 0.833. The molecule has 178 valence electrons. The molecule has 6 heteroatoms. The fourth-order valence-electron chi connectivity index (χ4n) is 3.61. The minimum atomic E-state index is -4.57. The van der Waals surface area contributed by atoms with Gasteiger partial charge in [0, 0.05) is 0 Å². The van der Waals surface area contributed by atoms with Crippen LogP contribution in [-0.4, -0.2) is 52.4 Å². The topological polar surface area (TPSA) is 77.8 Å². The molecule has 0 spiro atoms. The summed E-state index contributed by atoms with van der Waals surface area (Å²) in [5.41, 5.74) is 0. The first-order valence-electron chi connectivity index (χ1n) is 11.9. The third kappa shape index (κ3) is 16.3. The van der Waals surface area contributed by atoms with Crippen molar-refractivity contribution in [2.75, 3.05) is 27.7 Å². The summed E-state index contributed by atoms with van der Waals surface area (Å²) in [7, 11) is 0.886. The molecule has 0 aromatic heterocycles. The molecule has 0 aliphatic rings. The Morgan fingerprint density at radius 1 is 0.733 bits per heavy atom. The number of rotatable bonds is 19. The molecule has 0 saturated heterocycles. The van der Waals surface area contributed by atoms with Crippen LogP contribution in [0.2, 0.25) is 0 Å². The van der Waals surface area contributed by atoms with Crippen LogP contribution in [0.25, 0.3) is 0 Å². The van der Waals surface area contributed by atoms with Crippen molar-refractivity contribution in [1.29, 1.82) is 0 Å². The number of nitrogens with zero attached hydrogens (tertiary/aromatic N) is 1. The lowest BCUT2D eigenvalue weighted by molar-refractivity contribution is -0.875. The molecule has 1 unspecified atom stereocenters. The molecule has 1 atom stereocenters. The zero-order chi connectivity index (χ0) is 22.9. The summed E-state index contributed by atoms with van der Waals surface area (Å²) in [6.45, 7) is 2.28. The standard InChI is InChI=1S/C24H48NO4P/c1-5-6-7-8-9-10-11-12-13-14-15-16-17-18-19-20-21-22-24(26,30(27,28)29)23-25(2,3)4/h11-12,19-20,26H,5-10,13-18,21-23H2,1-4H3,(H-,27,28,29)/p+1/b12-11-,20-19-. The van der Waals surface area contributed by atoms with Crippen molar-refractivity contribution in [2.45, 2.75) is 102 Å². The first kappa shape index (κ1) is 29.5. The molecule has 3 N–H and O–H groups in total. The van der Waals surface area contributed by atoms with Crippen molar-refractivity contribution in [3.63, 3.8) is 0 Å². The first-order chi connectivity index (χ1) is 14.0. The highest BCUT2D eigenvalue weighted by Crippen LogP contribution is 2.52. The molecular formula is C24H49NO4P+. The van der Waals surface area contributed by atoms with E-state index in [9.17, 15) is 19.5 Å². The minimum absolute atomic E-state index is 0.0262. The molecule has 0 bridgehead atoms. The van der Waals surface area contributed by atoms with Gasteiger partial charge in [-0.3, -0.25) is 4.57 Å². The van der Waals surface area contributed by atoms with E-state index in [2.05, 4.69) is 25.2 Å². The van der Waals surface area contributed by atoms with E-state index in [-0.39, 0.29) is 13.0 Å². The Labute approximate surface area is 186 Å². The minimum Gasteiger partial charge on any atom is -0.373 e. The molecule has 30 heavy (non-hydrogen) atoms. The number of hydrogen-bond acceptors (Lipinski definition) is 2. The Morgan fingerprint density at radius 3 is 1.50 bits per heavy atom. The van der Waals surface area contributed by atoms with Gasteiger partial charge in [-0.15, -0.1) is 0 Å². The lowest BCUT2D eigenvalue weighted by Gasteiger charge is -2.35. The molecule has 0 aromatic carbocycles. The lowest BCUT2D eigenvalue weighted by Crippen LogP contribution is -2.49. The summed E-state index contributed by atoms with van der Waals surface area (Å²) < 4.78 is 12.0. The van der Waals surface area contributed by atoms with E-state index in [1.807, 2.05) is 27.2 Å². The van der Waals surface area contributed by atoms with Crippen LogP contribution in [0.15, 0.2) is 24.3 Å². The maximum atomic E-state index is 11.7. The van der Waals surface area contributed by atoms with E-state index in [1.165, 1.54) is 64.2 Å². The van der Waals surface area contributed by atoms with Crippen molar-refractivity contribution in [3.8, 4) is 0 Å². The molecule has 0 saturated carbocycles. The van der Waals surface area contributed by atoms with E-state index in [0.717, 1.165) is 12.8 Å². The van der Waals surface area contributed by atoms with Crippen LogP contribution in [0, 0.1) is 0 Å². The molecule has 0 heterocycles. The lowest BCUT2D eigenvalue weighted by atomic mass is 10.1. The molecule has 0 aliphatic heterocycles. The van der Waals surface area contributed by atoms with Crippen LogP contribution >= 0.6 is 7.60 Å². The van der Waals surface area contributed by atoms with Gasteiger partial charge in [0.05, 0.1) is 21.1 Å². The molecule has 0 amide bonds. The highest BCUT2D eigenvalue weighted by Gasteiger charge is 2.48. The van der Waals surface area contributed by atoms with Crippen molar-refractivity contribution in [2.24, 2.45) is 0 Å². The van der Waals surface area contributed by atoms with Gasteiger partial charge in [0.2, 0.25) is 5.34 Å². The maximum Gasteiger partial charge on any atom is 0.362 e. The van der Waals surface area contributed by atoms with E-state index in [0.29, 0.717) is 10.9 Å². The largest absolute Gasteiger partial charge is 0.373 e. The number of aliphatic hydroxyl groups is 1. The summed E-state index contributed by atoms with van der Waals surface area (Å²) in [5, 5.41) is 8.53. The second-order valence-electron chi connectivity index (χ2n) is 9.65. The van der Waals surface area contributed by atoms with Gasteiger partial charge in [-0.1, -0.05) is 69.8 Å². The van der Waals surface area contributed by atoms with Crippen molar-refractivity contribution in [1.82, 2.24) is 0 Å². The zero-order valence-corrected chi connectivity index (χ0v) is 21.0. The average Bonchev–Trinajstić information content (AvgIpc) is 2.62. The number of hydrogen-bond donors (Lipinski definition) is 3. The second-order valence-corrected chi connectivity index (χ2v) is 11.6. The fourth-order valence-corrected chi connectivity index (χ4v) is 4.63. The molecule has 0 aliphatic carbocycles. The molecule has 5 nitrogen and oxygen atoms in total. The van der Waals surface area contributed by atoms with Gasteiger partial charge in [0.25, 0.3) is 0 Å². The van der Waals surface area contributed by atoms with E-state index in [4.69, 9.17) is 0 Å². The monoisotopic (exact) mass is 446 g/mol. The Bertz CT molecular complexity index is 522. The summed E-state index contributed by atoms with van der Waals surface area (Å²) in [4.78, 5) is 19.1. The molecule has 0 radical (unpaired) electrons. The average molecular weight is 447 g/mol. The van der Waals surface area contributed by atoms with E-state index < -0.39 is 12.9 Å². The summed E-state index contributed by atoms with van der Waals surface area (Å²) >= 11 is 0. The van der Waals surface area contributed by atoms with Crippen LogP contribution in [0.5, 0.6) is 0 Å². The first-order valence-corrected chi connectivity index (χ1v) is 13.5. The predicted octanol–water partition coefficient (Wildman–Crippen LogP) is 6.15. The number of likely N-dealkylation sites (N-methyl/N-ethyl adjacent to an activating group) is 1. The molecule has 0 rings (SSSR count). The summed E-state index contributed by atoms with van der Waals surface area (Å²) in [6.07, 6.45) is 24.2. The van der Waals surface area contributed by atoms with Gasteiger partial charge >= 0.3 is 7.60 Å². The highest BCUT2D eigenvalue weighted by atomic mass is 31.2. The zero-order valence-electron chi connectivity index (χ0n) is 20.1. The number of allylic oxidation sites excluding steroid dienone is 4. The molecular weight excluding hydrogens is 397 g/mol. The quantitative estimate of drug-likeness (QED) is 0.0962. The Balaban J connectivity index is 3.79. The summed E-state index contributed by atoms with van der Waals surface area (Å²) in [6, 6.07) is 0. The normalized spacial score (nSPS) is 15.3. The van der Waals surface area contributed by atoms with Crippen LogP contribution in [0.4, 0.5) is 0 Å². The highest BCUT2D eigenvalue weighted by molar-refractivity contribution is 7.53. The smallest absolute Gasteiger partial charge is 0.362 e. The molecule has 0 aromatic rings. The third-order valence-electron chi connectivity index (χ3n) is 5.28. The summed E-state index contributed by atoms with van der Waals surface area (Å²) in [5.74, 6) is 0. The van der Waals surface area contributed by atoms with Gasteiger partial charge in [-0.25, -0.2) is 0 Å². The van der Waals surface area contributed by atoms with Crippen LogP contribution in [-0.2, 0) is 4.57 Å². The Morgan fingerprint density at radius 2 is 1.13 bits per heavy atom. The van der Waals surface area contributed by atoms with E-state index in [1.54, 1.807) is 0 Å². The maximum absolute atomic E-state index is 11.7. The Hall–Kier alpha value is -0.450. The van der Waals surface area contributed by atoms with E-state index >= 15 is 0 Å². The van der Waals surface area contributed by atoms with Crippen molar-refractivity contribution >= 4 is 7.60 Å². The van der Waals surface area contributed by atoms with Crippen LogP contribution < -0.4 is 0 Å². The van der Waals surface area contributed by atoms with Crippen molar-refractivity contribution in [3.05, 3.63) is 24.3 Å². The number of unbranched alkanes of at least 4 members (excludes halogenated alkanes) is 10. The van der Waals surface area contributed by atoms with Gasteiger partial charge < -0.3 is 19.4 Å². The second kappa shape index (κ2) is 16.2. The van der Waals surface area contributed by atoms with Gasteiger partial charge in [-0.05, 0) is 51.4 Å². The SMILES string of the molecule is CCCCCCC/C=C\CCCCCC/C=C\CCC(O)(C[N+](C)(C)C)P(=O)(O)O.